The fourth-order valence-electron chi connectivity index (χ4n) is 1.96. The van der Waals surface area contributed by atoms with E-state index in [1.807, 2.05) is 19.1 Å². The van der Waals surface area contributed by atoms with Gasteiger partial charge in [-0.05, 0) is 25.5 Å². The summed E-state index contributed by atoms with van der Waals surface area (Å²) in [5.41, 5.74) is 1.09. The molecular weight excluding hydrogens is 371 g/mol. The van der Waals surface area contributed by atoms with E-state index in [0.717, 1.165) is 18.4 Å². The molecule has 2 nitrogen and oxygen atoms in total. The fraction of sp³-hybridized carbons (Fsp3) is 0.600. The average molecular weight is 394 g/mol. The van der Waals surface area contributed by atoms with Gasteiger partial charge in [0.25, 0.3) is 0 Å². The van der Waals surface area contributed by atoms with E-state index in [1.165, 1.54) is 19.3 Å². The van der Waals surface area contributed by atoms with E-state index >= 15 is 0 Å². The summed E-state index contributed by atoms with van der Waals surface area (Å²) >= 11 is 2.27. The lowest BCUT2D eigenvalue weighted by atomic mass is 10.1. The summed E-state index contributed by atoms with van der Waals surface area (Å²) in [6, 6.07) is 7.14. The van der Waals surface area contributed by atoms with Crippen LogP contribution in [0.3, 0.4) is 0 Å². The van der Waals surface area contributed by atoms with Crippen LogP contribution in [-0.2, 0) is 9.84 Å². The number of sulfone groups is 1. The Kier molecular flexibility index (Phi) is 7.36. The molecule has 108 valence electrons. The Morgan fingerprint density at radius 3 is 2.32 bits per heavy atom. The second-order valence-corrected chi connectivity index (χ2v) is 8.84. The Labute approximate surface area is 131 Å². The van der Waals surface area contributed by atoms with E-state index in [-0.39, 0.29) is 9.68 Å². The lowest BCUT2D eigenvalue weighted by Gasteiger charge is -2.10. The first kappa shape index (κ1) is 17.0. The number of hydrogen-bond acceptors (Lipinski definition) is 2. The van der Waals surface area contributed by atoms with Crippen molar-refractivity contribution in [1.29, 1.82) is 0 Å². The van der Waals surface area contributed by atoms with Gasteiger partial charge in [-0.2, -0.15) is 0 Å². The number of halogens is 1. The fourth-order valence-corrected chi connectivity index (χ4v) is 5.20. The summed E-state index contributed by atoms with van der Waals surface area (Å²) in [5, 5.41) is 0. The minimum atomic E-state index is -3.13. The van der Waals surface area contributed by atoms with Gasteiger partial charge in [0, 0.05) is 3.92 Å². The van der Waals surface area contributed by atoms with Crippen LogP contribution in [0.15, 0.2) is 29.2 Å². The number of benzene rings is 1. The second kappa shape index (κ2) is 8.25. The van der Waals surface area contributed by atoms with Crippen LogP contribution in [0.1, 0.15) is 44.6 Å². The zero-order valence-electron chi connectivity index (χ0n) is 11.7. The summed E-state index contributed by atoms with van der Waals surface area (Å²) in [7, 11) is -3.13. The maximum atomic E-state index is 12.2. The van der Waals surface area contributed by atoms with Gasteiger partial charge >= 0.3 is 0 Å². The molecule has 0 bridgehead atoms. The monoisotopic (exact) mass is 394 g/mol. The number of hydrogen-bond donors (Lipinski definition) is 0. The predicted octanol–water partition coefficient (Wildman–Crippen LogP) is 4.54. The minimum Gasteiger partial charge on any atom is -0.224 e. The maximum absolute atomic E-state index is 12.2. The zero-order valence-corrected chi connectivity index (χ0v) is 14.7. The molecule has 1 rings (SSSR count). The Morgan fingerprint density at radius 1 is 1.11 bits per heavy atom. The maximum Gasteiger partial charge on any atom is 0.179 e. The summed E-state index contributed by atoms with van der Waals surface area (Å²) in [5.74, 6) is 0.253. The normalized spacial score (nSPS) is 13.4. The van der Waals surface area contributed by atoms with Crippen molar-refractivity contribution < 1.29 is 8.42 Å². The highest BCUT2D eigenvalue weighted by molar-refractivity contribution is 14.1. The van der Waals surface area contributed by atoms with E-state index in [9.17, 15) is 8.42 Å². The van der Waals surface area contributed by atoms with Gasteiger partial charge in [-0.15, -0.1) is 0 Å². The van der Waals surface area contributed by atoms with Crippen molar-refractivity contribution >= 4 is 32.4 Å². The molecule has 0 amide bonds. The largest absolute Gasteiger partial charge is 0.224 e. The second-order valence-electron chi connectivity index (χ2n) is 5.04. The van der Waals surface area contributed by atoms with Crippen molar-refractivity contribution in [2.75, 3.05) is 5.75 Å². The molecule has 0 fully saturated rings. The van der Waals surface area contributed by atoms with E-state index in [2.05, 4.69) is 29.5 Å². The number of unbranched alkanes of at least 4 members (excludes halogenated alkanes) is 3. The van der Waals surface area contributed by atoms with Gasteiger partial charge < -0.3 is 0 Å². The minimum absolute atomic E-state index is 0.209. The molecule has 1 unspecified atom stereocenters. The molecule has 0 saturated heterocycles. The Balaban J connectivity index is 2.52. The Bertz CT molecular complexity index is 465. The average Bonchev–Trinajstić information content (AvgIpc) is 2.34. The molecule has 1 aromatic carbocycles. The third-order valence-electron chi connectivity index (χ3n) is 3.15. The van der Waals surface area contributed by atoms with Gasteiger partial charge in [-0.3, -0.25) is 0 Å². The van der Waals surface area contributed by atoms with Gasteiger partial charge in [0.15, 0.2) is 9.84 Å². The Morgan fingerprint density at radius 2 is 1.74 bits per heavy atom. The highest BCUT2D eigenvalue weighted by Gasteiger charge is 2.18. The number of alkyl halides is 1. The first-order chi connectivity index (χ1) is 8.95. The van der Waals surface area contributed by atoms with E-state index in [0.29, 0.717) is 4.90 Å². The lowest BCUT2D eigenvalue weighted by molar-refractivity contribution is 0.588. The number of rotatable bonds is 8. The molecule has 0 spiro atoms. The van der Waals surface area contributed by atoms with Crippen LogP contribution in [0.25, 0.3) is 0 Å². The summed E-state index contributed by atoms with van der Waals surface area (Å²) in [6.45, 7) is 4.15. The molecule has 19 heavy (non-hydrogen) atoms. The van der Waals surface area contributed by atoms with E-state index in [4.69, 9.17) is 0 Å². The van der Waals surface area contributed by atoms with Gasteiger partial charge in [-0.1, -0.05) is 72.9 Å². The molecule has 4 heteroatoms. The molecule has 0 N–H and O–H groups in total. The SMILES string of the molecule is CCCCCCC(I)CS(=O)(=O)c1ccc(C)cc1. The van der Waals surface area contributed by atoms with Crippen LogP contribution in [0, 0.1) is 6.92 Å². The summed E-state index contributed by atoms with van der Waals surface area (Å²) in [6.07, 6.45) is 5.79. The molecule has 0 aromatic heterocycles. The standard InChI is InChI=1S/C15H23IO2S/c1-3-4-5-6-7-14(16)12-19(17,18)15-10-8-13(2)9-11-15/h8-11,14H,3-7,12H2,1-2H3. The van der Waals surface area contributed by atoms with Crippen LogP contribution in [0.5, 0.6) is 0 Å². The summed E-state index contributed by atoms with van der Waals surface area (Å²) < 4.78 is 24.7. The van der Waals surface area contributed by atoms with Crippen molar-refractivity contribution in [3.8, 4) is 0 Å². The van der Waals surface area contributed by atoms with Crippen LogP contribution >= 0.6 is 22.6 Å². The molecule has 0 aliphatic carbocycles. The molecular formula is C15H23IO2S. The van der Waals surface area contributed by atoms with Crippen molar-refractivity contribution in [3.63, 3.8) is 0 Å². The lowest BCUT2D eigenvalue weighted by Crippen LogP contribution is -2.16. The molecule has 1 aromatic rings. The smallest absolute Gasteiger partial charge is 0.179 e. The summed E-state index contributed by atoms with van der Waals surface area (Å²) in [4.78, 5) is 0.452. The van der Waals surface area contributed by atoms with Gasteiger partial charge in [0.1, 0.15) is 0 Å². The molecule has 0 aliphatic rings. The van der Waals surface area contributed by atoms with Crippen LogP contribution < -0.4 is 0 Å². The van der Waals surface area contributed by atoms with Gasteiger partial charge in [0.2, 0.25) is 0 Å². The first-order valence-electron chi connectivity index (χ1n) is 6.89. The molecule has 0 heterocycles. The van der Waals surface area contributed by atoms with Gasteiger partial charge in [-0.25, -0.2) is 8.42 Å². The van der Waals surface area contributed by atoms with Crippen LogP contribution in [-0.4, -0.2) is 18.1 Å². The van der Waals surface area contributed by atoms with Crippen molar-refractivity contribution in [2.45, 2.75) is 54.8 Å². The van der Waals surface area contributed by atoms with Crippen molar-refractivity contribution in [3.05, 3.63) is 29.8 Å². The molecule has 0 radical (unpaired) electrons. The third kappa shape index (κ3) is 6.25. The van der Waals surface area contributed by atoms with Crippen LogP contribution in [0.4, 0.5) is 0 Å². The van der Waals surface area contributed by atoms with E-state index in [1.54, 1.807) is 12.1 Å². The van der Waals surface area contributed by atoms with Crippen molar-refractivity contribution in [2.24, 2.45) is 0 Å². The predicted molar refractivity (Wildman–Crippen MR) is 89.8 cm³/mol. The third-order valence-corrected chi connectivity index (χ3v) is 6.64. The number of aryl methyl sites for hydroxylation is 1. The van der Waals surface area contributed by atoms with Crippen molar-refractivity contribution in [1.82, 2.24) is 0 Å². The Hall–Kier alpha value is -0.1000. The molecule has 0 saturated carbocycles. The zero-order chi connectivity index (χ0) is 14.3. The molecule has 0 aliphatic heterocycles. The van der Waals surface area contributed by atoms with Crippen LogP contribution in [0.2, 0.25) is 0 Å². The van der Waals surface area contributed by atoms with E-state index < -0.39 is 9.84 Å². The topological polar surface area (TPSA) is 34.1 Å². The first-order valence-corrected chi connectivity index (χ1v) is 9.79. The van der Waals surface area contributed by atoms with Gasteiger partial charge in [0.05, 0.1) is 10.6 Å². The highest BCUT2D eigenvalue weighted by Crippen LogP contribution is 2.19. The molecule has 1 atom stereocenters. The highest BCUT2D eigenvalue weighted by atomic mass is 127. The quantitative estimate of drug-likeness (QED) is 0.369.